The van der Waals surface area contributed by atoms with Gasteiger partial charge in [0.05, 0.1) is 19.0 Å². The Hall–Kier alpha value is -3.41. The Balaban J connectivity index is 1.51. The third-order valence-corrected chi connectivity index (χ3v) is 6.06. The maximum atomic E-state index is 11.2. The summed E-state index contributed by atoms with van der Waals surface area (Å²) in [5, 5.41) is 44.5. The fourth-order valence-corrected chi connectivity index (χ4v) is 4.25. The molecule has 0 radical (unpaired) electrons. The summed E-state index contributed by atoms with van der Waals surface area (Å²) in [4.78, 5) is 13.1. The summed E-state index contributed by atoms with van der Waals surface area (Å²) in [7, 11) is 0. The van der Waals surface area contributed by atoms with Gasteiger partial charge in [0.15, 0.2) is 23.2 Å². The van der Waals surface area contributed by atoms with Crippen LogP contribution in [0.25, 0.3) is 11.2 Å². The smallest absolute Gasteiger partial charge is 0.167 e. The van der Waals surface area contributed by atoms with Crippen LogP contribution in [0.15, 0.2) is 73.3 Å². The first-order valence-electron chi connectivity index (χ1n) is 10.9. The van der Waals surface area contributed by atoms with Gasteiger partial charge in [0.25, 0.3) is 0 Å². The van der Waals surface area contributed by atoms with Crippen molar-refractivity contribution in [2.45, 2.75) is 36.7 Å². The molecule has 5 N–H and O–H groups in total. The molecule has 6 atom stereocenters. The van der Waals surface area contributed by atoms with E-state index in [2.05, 4.69) is 20.3 Å². The van der Waals surface area contributed by atoms with Gasteiger partial charge >= 0.3 is 0 Å². The number of aromatic nitrogens is 4. The molecule has 0 saturated carbocycles. The quantitative estimate of drug-likeness (QED) is 0.274. The summed E-state index contributed by atoms with van der Waals surface area (Å²) in [5.74, 6) is 0.388. The molecule has 1 aliphatic rings. The number of hydrogen-bond acceptors (Lipinski definition) is 9. The van der Waals surface area contributed by atoms with Gasteiger partial charge in [-0.2, -0.15) is 0 Å². The van der Waals surface area contributed by atoms with Gasteiger partial charge in [-0.05, 0) is 11.1 Å². The lowest BCUT2D eigenvalue weighted by Gasteiger charge is -2.25. The summed E-state index contributed by atoms with van der Waals surface area (Å²) in [5.41, 5.74) is 2.37. The molecule has 2 aromatic heterocycles. The van der Waals surface area contributed by atoms with Crippen LogP contribution in [0.3, 0.4) is 0 Å². The molecule has 0 aliphatic carbocycles. The Bertz CT molecular complexity index is 1240. The first kappa shape index (κ1) is 22.4. The van der Waals surface area contributed by atoms with E-state index in [0.29, 0.717) is 17.0 Å². The second-order valence-corrected chi connectivity index (χ2v) is 8.16. The van der Waals surface area contributed by atoms with Gasteiger partial charge < -0.3 is 30.5 Å². The molecule has 176 valence electrons. The van der Waals surface area contributed by atoms with Crippen molar-refractivity contribution in [2.24, 2.45) is 0 Å². The number of anilines is 1. The number of imidazole rings is 1. The van der Waals surface area contributed by atoms with E-state index < -0.39 is 43.3 Å². The summed E-state index contributed by atoms with van der Waals surface area (Å²) in [6.07, 6.45) is -2.48. The normalized spacial score (nSPS) is 24.2. The third-order valence-electron chi connectivity index (χ3n) is 6.06. The Morgan fingerprint density at radius 3 is 2.24 bits per heavy atom. The fraction of sp³-hybridized carbons (Fsp3) is 0.292. The van der Waals surface area contributed by atoms with Gasteiger partial charge in [-0.15, -0.1) is 0 Å². The molecule has 34 heavy (non-hydrogen) atoms. The van der Waals surface area contributed by atoms with Crippen molar-refractivity contribution in [3.63, 3.8) is 0 Å². The summed E-state index contributed by atoms with van der Waals surface area (Å²) < 4.78 is 7.12. The number of rotatable bonds is 7. The summed E-state index contributed by atoms with van der Waals surface area (Å²) in [6.45, 7) is -0.431. The maximum Gasteiger partial charge on any atom is 0.167 e. The Kier molecular flexibility index (Phi) is 6.22. The van der Waals surface area contributed by atoms with Crippen LogP contribution < -0.4 is 5.32 Å². The topological polar surface area (TPSA) is 146 Å². The largest absolute Gasteiger partial charge is 0.394 e. The zero-order chi connectivity index (χ0) is 23.7. The van der Waals surface area contributed by atoms with Gasteiger partial charge in [0.1, 0.15) is 30.7 Å². The average Bonchev–Trinajstić information content (AvgIpc) is 3.44. The van der Waals surface area contributed by atoms with Gasteiger partial charge in [-0.3, -0.25) is 4.57 Å². The van der Waals surface area contributed by atoms with E-state index in [1.54, 1.807) is 0 Å². The number of ether oxygens (including phenoxy) is 1. The van der Waals surface area contributed by atoms with Gasteiger partial charge in [-0.1, -0.05) is 60.7 Å². The molecule has 2 unspecified atom stereocenters. The van der Waals surface area contributed by atoms with E-state index >= 15 is 0 Å². The minimum Gasteiger partial charge on any atom is -0.394 e. The molecule has 0 spiro atoms. The molecule has 3 heterocycles. The summed E-state index contributed by atoms with van der Waals surface area (Å²) >= 11 is 0. The highest BCUT2D eigenvalue weighted by Crippen LogP contribution is 2.35. The van der Waals surface area contributed by atoms with Gasteiger partial charge in [0, 0.05) is 0 Å². The van der Waals surface area contributed by atoms with E-state index in [1.165, 1.54) is 17.2 Å². The van der Waals surface area contributed by atoms with E-state index in [9.17, 15) is 20.4 Å². The first-order chi connectivity index (χ1) is 16.6. The van der Waals surface area contributed by atoms with Crippen molar-refractivity contribution in [1.82, 2.24) is 19.5 Å². The lowest BCUT2D eigenvalue weighted by atomic mass is 9.96. The zero-order valence-electron chi connectivity index (χ0n) is 18.1. The number of aliphatic hydroxyl groups excluding tert-OH is 4. The predicted octanol–water partition coefficient (Wildman–Crippen LogP) is 1.32. The second kappa shape index (κ2) is 9.45. The highest BCUT2D eigenvalue weighted by atomic mass is 16.6. The Morgan fingerprint density at radius 2 is 1.59 bits per heavy atom. The molecule has 1 fully saturated rings. The lowest BCUT2D eigenvalue weighted by molar-refractivity contribution is -0.0511. The molecular weight excluding hydrogens is 438 g/mol. The van der Waals surface area contributed by atoms with Crippen molar-refractivity contribution in [1.29, 1.82) is 0 Å². The van der Waals surface area contributed by atoms with E-state index in [1.807, 2.05) is 60.7 Å². The number of aliphatic hydroxyl groups is 4. The third kappa shape index (κ3) is 4.02. The average molecular weight is 463 g/mol. The number of fused-ring (bicyclic) bond motifs is 1. The van der Waals surface area contributed by atoms with E-state index in [4.69, 9.17) is 4.74 Å². The minimum atomic E-state index is -1.27. The number of hydrogen-bond donors (Lipinski definition) is 5. The molecule has 4 aromatic rings. The van der Waals surface area contributed by atoms with Crippen molar-refractivity contribution < 1.29 is 25.2 Å². The van der Waals surface area contributed by atoms with Gasteiger partial charge in [-0.25, -0.2) is 15.0 Å². The molecule has 2 aromatic carbocycles. The number of benzene rings is 2. The minimum absolute atomic E-state index is 0.369. The van der Waals surface area contributed by atoms with Crippen LogP contribution in [-0.4, -0.2) is 64.9 Å². The van der Waals surface area contributed by atoms with Crippen LogP contribution in [0, 0.1) is 0 Å². The molecular formula is C24H25N5O5. The van der Waals surface area contributed by atoms with E-state index in [0.717, 1.165) is 11.1 Å². The van der Waals surface area contributed by atoms with Crippen LogP contribution in [0.5, 0.6) is 0 Å². The number of nitrogens with one attached hydrogen (secondary N) is 1. The maximum absolute atomic E-state index is 11.2. The standard InChI is InChI=1S/C24H25N5O5/c30-11-16-20(32)21(33)24(34-16)29-13-27-18-22(25-12-26-23(18)29)28-17(14-7-3-1-4-8-14)19(31)15-9-5-2-6-10-15/h1-10,12-13,16-17,19-21,24,30-33H,11H2,(H,25,26,28)/t16-,17-,19-,20?,21?,24-/m1/s1. The molecule has 5 rings (SSSR count). The Morgan fingerprint density at radius 1 is 0.912 bits per heavy atom. The second-order valence-electron chi connectivity index (χ2n) is 8.16. The molecule has 0 amide bonds. The molecule has 1 aliphatic heterocycles. The van der Waals surface area contributed by atoms with E-state index in [-0.39, 0.29) is 0 Å². The monoisotopic (exact) mass is 463 g/mol. The first-order valence-corrected chi connectivity index (χ1v) is 10.9. The van der Waals surface area contributed by atoms with Crippen molar-refractivity contribution in [3.05, 3.63) is 84.4 Å². The molecule has 0 bridgehead atoms. The van der Waals surface area contributed by atoms with Crippen LogP contribution in [0.4, 0.5) is 5.82 Å². The van der Waals surface area contributed by atoms with Crippen LogP contribution >= 0.6 is 0 Å². The molecule has 10 heteroatoms. The van der Waals surface area contributed by atoms with Gasteiger partial charge in [0.2, 0.25) is 0 Å². The highest BCUT2D eigenvalue weighted by Gasteiger charge is 2.44. The number of nitrogens with zero attached hydrogens (tertiary/aromatic N) is 4. The Labute approximate surface area is 195 Å². The van der Waals surface area contributed by atoms with Crippen molar-refractivity contribution >= 4 is 17.0 Å². The van der Waals surface area contributed by atoms with Crippen LogP contribution in [-0.2, 0) is 4.74 Å². The zero-order valence-corrected chi connectivity index (χ0v) is 18.1. The van der Waals surface area contributed by atoms with Crippen molar-refractivity contribution in [3.8, 4) is 0 Å². The SMILES string of the molecule is OC[C@H]1O[C@@H](n2cnc3c(N[C@H](c4ccccc4)[C@H](O)c4ccccc4)ncnc32)C(O)C1O. The highest BCUT2D eigenvalue weighted by molar-refractivity contribution is 5.83. The van der Waals surface area contributed by atoms with Crippen molar-refractivity contribution in [2.75, 3.05) is 11.9 Å². The predicted molar refractivity (Wildman–Crippen MR) is 123 cm³/mol. The molecule has 10 nitrogen and oxygen atoms in total. The summed E-state index contributed by atoms with van der Waals surface area (Å²) in [6, 6.07) is 18.3. The van der Waals surface area contributed by atoms with Crippen LogP contribution in [0.2, 0.25) is 0 Å². The van der Waals surface area contributed by atoms with Crippen LogP contribution in [0.1, 0.15) is 29.5 Å². The molecule has 1 saturated heterocycles. The fourth-order valence-electron chi connectivity index (χ4n) is 4.25. The lowest BCUT2D eigenvalue weighted by Crippen LogP contribution is -2.33.